The number of aromatic nitrogens is 2. The molecule has 166 valence electrons. The van der Waals surface area contributed by atoms with Crippen LogP contribution >= 0.6 is 0 Å². The number of carbonyl (C=O) groups excluding carboxylic acids is 1. The first-order valence-electron chi connectivity index (χ1n) is 9.02. The fraction of sp³-hybridized carbons (Fsp3) is 0.100. The summed E-state index contributed by atoms with van der Waals surface area (Å²) in [7, 11) is 0. The molecule has 9 nitrogen and oxygen atoms in total. The van der Waals surface area contributed by atoms with Crippen molar-refractivity contribution < 1.29 is 27.9 Å². The van der Waals surface area contributed by atoms with Crippen LogP contribution in [0.2, 0.25) is 0 Å². The third-order valence-corrected chi connectivity index (χ3v) is 4.28. The van der Waals surface area contributed by atoms with Crippen molar-refractivity contribution in [2.45, 2.75) is 13.1 Å². The van der Waals surface area contributed by atoms with Crippen molar-refractivity contribution in [3.05, 3.63) is 65.4 Å². The lowest BCUT2D eigenvalue weighted by atomic mass is 10.1. The molecule has 3 rings (SSSR count). The second kappa shape index (κ2) is 8.79. The van der Waals surface area contributed by atoms with Crippen molar-refractivity contribution in [2.24, 2.45) is 5.73 Å². The summed E-state index contributed by atoms with van der Waals surface area (Å²) in [5.41, 5.74) is 5.44. The lowest BCUT2D eigenvalue weighted by molar-refractivity contribution is -0.137. The first kappa shape index (κ1) is 22.3. The Bertz CT molecular complexity index is 1180. The number of nitrogens with zero attached hydrogens (tertiary/aromatic N) is 2. The van der Waals surface area contributed by atoms with Crippen LogP contribution in [-0.2, 0) is 6.18 Å². The first-order valence-corrected chi connectivity index (χ1v) is 9.02. The fourth-order valence-corrected chi connectivity index (χ4v) is 2.72. The number of carbonyl (C=O) groups is 2. The number of amides is 2. The number of carboxylic acid groups (broad SMARTS) is 1. The normalized spacial score (nSPS) is 11.0. The number of benzene rings is 2. The van der Waals surface area contributed by atoms with E-state index in [1.54, 1.807) is 13.0 Å². The van der Waals surface area contributed by atoms with Gasteiger partial charge in [0, 0.05) is 17.4 Å². The van der Waals surface area contributed by atoms with Crippen molar-refractivity contribution in [3.8, 4) is 0 Å². The highest BCUT2D eigenvalue weighted by molar-refractivity contribution is 5.94. The van der Waals surface area contributed by atoms with E-state index in [9.17, 15) is 22.8 Å². The molecule has 32 heavy (non-hydrogen) atoms. The molecule has 1 heterocycles. The molecular formula is C20H17F3N6O3. The number of hydrogen-bond acceptors (Lipinski definition) is 6. The van der Waals surface area contributed by atoms with Gasteiger partial charge in [0.05, 0.1) is 11.4 Å². The Morgan fingerprint density at radius 2 is 1.72 bits per heavy atom. The lowest BCUT2D eigenvalue weighted by Crippen LogP contribution is -2.14. The number of alkyl halides is 3. The molecule has 2 amide bonds. The molecule has 0 aliphatic heterocycles. The van der Waals surface area contributed by atoms with Gasteiger partial charge in [0.1, 0.15) is 11.4 Å². The predicted octanol–water partition coefficient (Wildman–Crippen LogP) is 4.48. The van der Waals surface area contributed by atoms with Gasteiger partial charge in [0.15, 0.2) is 0 Å². The molecule has 0 saturated carbocycles. The number of primary amides is 1. The van der Waals surface area contributed by atoms with Gasteiger partial charge in [0.2, 0.25) is 11.9 Å². The SMILES string of the molecule is Cc1ccc(C(N)=O)cc1Nc1ncc(C(F)(F)F)c(Nc2ccccc2NC(=O)O)n1. The largest absolute Gasteiger partial charge is 0.465 e. The van der Waals surface area contributed by atoms with Crippen LogP contribution in [0.5, 0.6) is 0 Å². The molecule has 0 aliphatic rings. The maximum atomic E-state index is 13.5. The van der Waals surface area contributed by atoms with Crippen LogP contribution in [0.4, 0.5) is 46.8 Å². The van der Waals surface area contributed by atoms with Gasteiger partial charge in [0.25, 0.3) is 0 Å². The van der Waals surface area contributed by atoms with Crippen LogP contribution in [0.1, 0.15) is 21.5 Å². The number of rotatable bonds is 6. The van der Waals surface area contributed by atoms with Gasteiger partial charge in [-0.1, -0.05) is 18.2 Å². The van der Waals surface area contributed by atoms with E-state index in [2.05, 4.69) is 25.9 Å². The summed E-state index contributed by atoms with van der Waals surface area (Å²) in [5.74, 6) is -1.46. The Labute approximate surface area is 179 Å². The van der Waals surface area contributed by atoms with Crippen molar-refractivity contribution in [1.29, 1.82) is 0 Å². The molecule has 0 unspecified atom stereocenters. The second-order valence-electron chi connectivity index (χ2n) is 6.57. The first-order chi connectivity index (χ1) is 15.0. The monoisotopic (exact) mass is 446 g/mol. The highest BCUT2D eigenvalue weighted by Gasteiger charge is 2.35. The zero-order valence-electron chi connectivity index (χ0n) is 16.5. The quantitative estimate of drug-likeness (QED) is 0.376. The summed E-state index contributed by atoms with van der Waals surface area (Å²) in [6.45, 7) is 1.71. The molecule has 12 heteroatoms. The maximum Gasteiger partial charge on any atom is 0.421 e. The van der Waals surface area contributed by atoms with Crippen LogP contribution in [0, 0.1) is 6.92 Å². The predicted molar refractivity (Wildman–Crippen MR) is 111 cm³/mol. The Kier molecular flexibility index (Phi) is 6.14. The summed E-state index contributed by atoms with van der Waals surface area (Å²) in [6.07, 6.45) is -5.57. The van der Waals surface area contributed by atoms with Gasteiger partial charge < -0.3 is 21.5 Å². The van der Waals surface area contributed by atoms with E-state index in [0.29, 0.717) is 17.4 Å². The minimum Gasteiger partial charge on any atom is -0.465 e. The van der Waals surface area contributed by atoms with E-state index in [1.165, 1.54) is 36.4 Å². The van der Waals surface area contributed by atoms with E-state index in [4.69, 9.17) is 10.8 Å². The van der Waals surface area contributed by atoms with Crippen LogP contribution in [0.15, 0.2) is 48.7 Å². The smallest absolute Gasteiger partial charge is 0.421 e. The highest BCUT2D eigenvalue weighted by Crippen LogP contribution is 2.36. The van der Waals surface area contributed by atoms with Gasteiger partial charge in [-0.05, 0) is 36.8 Å². The average molecular weight is 446 g/mol. The molecule has 0 radical (unpaired) electrons. The summed E-state index contributed by atoms with van der Waals surface area (Å²) in [4.78, 5) is 30.0. The molecule has 3 aromatic rings. The molecule has 1 aromatic heterocycles. The van der Waals surface area contributed by atoms with Gasteiger partial charge in [-0.15, -0.1) is 0 Å². The van der Waals surface area contributed by atoms with E-state index in [-0.39, 0.29) is 22.9 Å². The van der Waals surface area contributed by atoms with Crippen molar-refractivity contribution in [2.75, 3.05) is 16.0 Å². The summed E-state index contributed by atoms with van der Waals surface area (Å²) < 4.78 is 40.6. The minimum atomic E-state index is -4.78. The molecule has 0 fully saturated rings. The molecule has 0 aliphatic carbocycles. The Morgan fingerprint density at radius 3 is 2.34 bits per heavy atom. The van der Waals surface area contributed by atoms with E-state index < -0.39 is 29.6 Å². The minimum absolute atomic E-state index is 0.0336. The fourth-order valence-electron chi connectivity index (χ4n) is 2.72. The highest BCUT2D eigenvalue weighted by atomic mass is 19.4. The molecular weight excluding hydrogens is 429 g/mol. The third-order valence-electron chi connectivity index (χ3n) is 4.28. The summed E-state index contributed by atoms with van der Waals surface area (Å²) in [5, 5.41) is 16.3. The topological polar surface area (TPSA) is 142 Å². The van der Waals surface area contributed by atoms with Gasteiger partial charge in [-0.25, -0.2) is 9.78 Å². The molecule has 0 atom stereocenters. The van der Waals surface area contributed by atoms with Crippen LogP contribution < -0.4 is 21.7 Å². The summed E-state index contributed by atoms with van der Waals surface area (Å²) in [6, 6.07) is 10.3. The van der Waals surface area contributed by atoms with Crippen LogP contribution in [0.3, 0.4) is 0 Å². The van der Waals surface area contributed by atoms with Crippen molar-refractivity contribution in [1.82, 2.24) is 9.97 Å². The second-order valence-corrected chi connectivity index (χ2v) is 6.57. The number of aryl methyl sites for hydroxylation is 1. The summed E-state index contributed by atoms with van der Waals surface area (Å²) >= 11 is 0. The zero-order valence-corrected chi connectivity index (χ0v) is 16.5. The van der Waals surface area contributed by atoms with E-state index >= 15 is 0 Å². The average Bonchev–Trinajstić information content (AvgIpc) is 2.70. The molecule has 0 spiro atoms. The number of para-hydroxylation sites is 2. The number of nitrogens with two attached hydrogens (primary N) is 1. The molecule has 0 bridgehead atoms. The number of halogens is 3. The van der Waals surface area contributed by atoms with Crippen LogP contribution in [0.25, 0.3) is 0 Å². The van der Waals surface area contributed by atoms with Gasteiger partial charge in [-0.3, -0.25) is 10.1 Å². The Morgan fingerprint density at radius 1 is 1.03 bits per heavy atom. The van der Waals surface area contributed by atoms with Gasteiger partial charge >= 0.3 is 12.3 Å². The maximum absolute atomic E-state index is 13.5. The number of hydrogen-bond donors (Lipinski definition) is 5. The third kappa shape index (κ3) is 5.22. The van der Waals surface area contributed by atoms with E-state index in [1.807, 2.05) is 0 Å². The Balaban J connectivity index is 2.01. The zero-order chi connectivity index (χ0) is 23.5. The molecule has 2 aromatic carbocycles. The van der Waals surface area contributed by atoms with Crippen LogP contribution in [-0.4, -0.2) is 27.1 Å². The van der Waals surface area contributed by atoms with Gasteiger partial charge in [-0.2, -0.15) is 18.2 Å². The Hall–Kier alpha value is -4.35. The standard InChI is InChI=1S/C20H17F3N6O3/c1-10-6-7-11(16(24)30)8-15(10)27-18-25-9-12(20(21,22)23)17(29-18)26-13-4-2-3-5-14(13)28-19(31)32/h2-9,28H,1H3,(H2,24,30)(H,31,32)(H2,25,26,27,29). The number of anilines is 5. The molecule has 0 saturated heterocycles. The van der Waals surface area contributed by atoms with Crippen molar-refractivity contribution in [3.63, 3.8) is 0 Å². The number of nitrogens with one attached hydrogen (secondary N) is 3. The van der Waals surface area contributed by atoms with E-state index in [0.717, 1.165) is 0 Å². The van der Waals surface area contributed by atoms with Crippen molar-refractivity contribution >= 4 is 40.8 Å². The lowest BCUT2D eigenvalue weighted by Gasteiger charge is -2.17. The molecule has 6 N–H and O–H groups in total.